The number of hydrogen-bond acceptors (Lipinski definition) is 2. The second-order valence-corrected chi connectivity index (χ2v) is 4.66. The third-order valence-electron chi connectivity index (χ3n) is 2.68. The summed E-state index contributed by atoms with van der Waals surface area (Å²) in [6.07, 6.45) is 0. The molecule has 0 fully saturated rings. The molecule has 0 aliphatic heterocycles. The van der Waals surface area contributed by atoms with Gasteiger partial charge in [-0.15, -0.1) is 0 Å². The van der Waals surface area contributed by atoms with E-state index in [1.807, 2.05) is 6.07 Å². The Bertz CT molecular complexity index is 639. The van der Waals surface area contributed by atoms with Crippen molar-refractivity contribution in [2.75, 3.05) is 7.11 Å². The fraction of sp³-hybridized carbons (Fsp3) is 0.0714. The standard InChI is InChI=1S/C14H10Cl2O3/c1-19-13-5-3-9(7-12(13)16)8-2-4-10(14(17)18)11(15)6-8/h2-7H,1H3,(H,17,18). The number of rotatable bonds is 3. The lowest BCUT2D eigenvalue weighted by Gasteiger charge is -2.07. The van der Waals surface area contributed by atoms with Gasteiger partial charge in [0.2, 0.25) is 0 Å². The monoisotopic (exact) mass is 296 g/mol. The Balaban J connectivity index is 2.45. The first-order valence-electron chi connectivity index (χ1n) is 5.39. The molecule has 0 atom stereocenters. The Hall–Kier alpha value is -1.71. The molecule has 0 aliphatic rings. The zero-order valence-corrected chi connectivity index (χ0v) is 11.5. The summed E-state index contributed by atoms with van der Waals surface area (Å²) in [6, 6.07) is 10.1. The third kappa shape index (κ3) is 2.83. The van der Waals surface area contributed by atoms with E-state index in [0.717, 1.165) is 11.1 Å². The molecule has 0 heterocycles. The van der Waals surface area contributed by atoms with Gasteiger partial charge in [0.05, 0.1) is 22.7 Å². The van der Waals surface area contributed by atoms with Crippen molar-refractivity contribution in [2.45, 2.75) is 0 Å². The van der Waals surface area contributed by atoms with Crippen LogP contribution < -0.4 is 4.74 Å². The first-order chi connectivity index (χ1) is 9.02. The van der Waals surface area contributed by atoms with Crippen LogP contribution in [0.25, 0.3) is 11.1 Å². The second-order valence-electron chi connectivity index (χ2n) is 3.85. The minimum Gasteiger partial charge on any atom is -0.495 e. The number of carbonyl (C=O) groups is 1. The molecule has 0 unspecified atom stereocenters. The maximum Gasteiger partial charge on any atom is 0.337 e. The number of carboxylic acid groups (broad SMARTS) is 1. The van der Waals surface area contributed by atoms with E-state index >= 15 is 0 Å². The first-order valence-corrected chi connectivity index (χ1v) is 6.15. The van der Waals surface area contributed by atoms with Gasteiger partial charge in [0, 0.05) is 0 Å². The molecule has 0 aliphatic carbocycles. The average Bonchev–Trinajstić information content (AvgIpc) is 2.38. The van der Waals surface area contributed by atoms with Crippen LogP contribution in [0, 0.1) is 0 Å². The predicted molar refractivity (Wildman–Crippen MR) is 75.4 cm³/mol. The lowest BCUT2D eigenvalue weighted by molar-refractivity contribution is 0.0697. The molecule has 0 saturated carbocycles. The number of methoxy groups -OCH3 is 1. The lowest BCUT2D eigenvalue weighted by Crippen LogP contribution is -1.97. The van der Waals surface area contributed by atoms with Crippen molar-refractivity contribution in [3.05, 3.63) is 52.0 Å². The number of ether oxygens (including phenoxy) is 1. The Morgan fingerprint density at radius 2 is 1.63 bits per heavy atom. The van der Waals surface area contributed by atoms with Gasteiger partial charge in [-0.3, -0.25) is 0 Å². The topological polar surface area (TPSA) is 46.5 Å². The number of halogens is 2. The summed E-state index contributed by atoms with van der Waals surface area (Å²) in [5, 5.41) is 9.59. The van der Waals surface area contributed by atoms with E-state index in [-0.39, 0.29) is 10.6 Å². The number of benzene rings is 2. The molecule has 2 aromatic rings. The third-order valence-corrected chi connectivity index (χ3v) is 3.29. The van der Waals surface area contributed by atoms with Gasteiger partial charge in [-0.25, -0.2) is 4.79 Å². The summed E-state index contributed by atoms with van der Waals surface area (Å²) in [4.78, 5) is 10.9. The zero-order chi connectivity index (χ0) is 14.0. The highest BCUT2D eigenvalue weighted by Gasteiger charge is 2.10. The van der Waals surface area contributed by atoms with Crippen molar-refractivity contribution in [1.82, 2.24) is 0 Å². The molecule has 1 N–H and O–H groups in total. The van der Waals surface area contributed by atoms with Crippen LogP contribution in [0.2, 0.25) is 10.0 Å². The van der Waals surface area contributed by atoms with Crippen LogP contribution in [0.15, 0.2) is 36.4 Å². The number of aromatic carboxylic acids is 1. The fourth-order valence-corrected chi connectivity index (χ4v) is 2.23. The van der Waals surface area contributed by atoms with E-state index in [1.165, 1.54) is 6.07 Å². The van der Waals surface area contributed by atoms with Crippen molar-refractivity contribution >= 4 is 29.2 Å². The Morgan fingerprint density at radius 1 is 1.05 bits per heavy atom. The van der Waals surface area contributed by atoms with Gasteiger partial charge in [0.15, 0.2) is 0 Å². The highest BCUT2D eigenvalue weighted by molar-refractivity contribution is 6.34. The molecule has 0 spiro atoms. The van der Waals surface area contributed by atoms with Gasteiger partial charge in [-0.1, -0.05) is 35.3 Å². The molecule has 0 aromatic heterocycles. The number of carboxylic acids is 1. The molecule has 0 radical (unpaired) electrons. The summed E-state index contributed by atoms with van der Waals surface area (Å²) in [6.45, 7) is 0. The molecule has 98 valence electrons. The van der Waals surface area contributed by atoms with Gasteiger partial charge < -0.3 is 9.84 Å². The number of hydrogen-bond donors (Lipinski definition) is 1. The molecule has 3 nitrogen and oxygen atoms in total. The molecule has 0 amide bonds. The van der Waals surface area contributed by atoms with Crippen molar-refractivity contribution in [2.24, 2.45) is 0 Å². The van der Waals surface area contributed by atoms with Gasteiger partial charge in [0.1, 0.15) is 5.75 Å². The fourth-order valence-electron chi connectivity index (χ4n) is 1.71. The van der Waals surface area contributed by atoms with Crippen LogP contribution in [0.1, 0.15) is 10.4 Å². The molecule has 5 heteroatoms. The molecular weight excluding hydrogens is 287 g/mol. The highest BCUT2D eigenvalue weighted by Crippen LogP contribution is 2.32. The average molecular weight is 297 g/mol. The minimum absolute atomic E-state index is 0.0741. The second kappa shape index (κ2) is 5.51. The van der Waals surface area contributed by atoms with Crippen molar-refractivity contribution in [1.29, 1.82) is 0 Å². The quantitative estimate of drug-likeness (QED) is 0.915. The Labute approximate surface area is 120 Å². The van der Waals surface area contributed by atoms with Gasteiger partial charge in [-0.2, -0.15) is 0 Å². The summed E-state index contributed by atoms with van der Waals surface area (Å²) in [5.74, 6) is -0.469. The molecule has 19 heavy (non-hydrogen) atoms. The van der Waals surface area contributed by atoms with E-state index in [2.05, 4.69) is 0 Å². The Morgan fingerprint density at radius 3 is 2.11 bits per heavy atom. The summed E-state index contributed by atoms with van der Waals surface area (Å²) < 4.78 is 5.07. The molecular formula is C14H10Cl2O3. The Kier molecular flexibility index (Phi) is 3.98. The van der Waals surface area contributed by atoms with Crippen LogP contribution in [0.5, 0.6) is 5.75 Å². The normalized spacial score (nSPS) is 10.3. The van der Waals surface area contributed by atoms with Gasteiger partial charge in [-0.05, 0) is 35.4 Å². The van der Waals surface area contributed by atoms with Crippen molar-refractivity contribution in [3.8, 4) is 16.9 Å². The van der Waals surface area contributed by atoms with Crippen molar-refractivity contribution < 1.29 is 14.6 Å². The van der Waals surface area contributed by atoms with Crippen LogP contribution in [0.4, 0.5) is 0 Å². The van der Waals surface area contributed by atoms with Crippen molar-refractivity contribution in [3.63, 3.8) is 0 Å². The predicted octanol–water partition coefficient (Wildman–Crippen LogP) is 4.37. The summed E-state index contributed by atoms with van der Waals surface area (Å²) >= 11 is 12.0. The maximum absolute atomic E-state index is 10.9. The minimum atomic E-state index is -1.05. The highest BCUT2D eigenvalue weighted by atomic mass is 35.5. The first kappa shape index (κ1) is 13.7. The van der Waals surface area contributed by atoms with Crippen LogP contribution in [0.3, 0.4) is 0 Å². The maximum atomic E-state index is 10.9. The van der Waals surface area contributed by atoms with E-state index in [4.69, 9.17) is 33.0 Å². The van der Waals surface area contributed by atoms with E-state index in [9.17, 15) is 4.79 Å². The molecule has 2 rings (SSSR count). The summed E-state index contributed by atoms with van der Waals surface area (Å²) in [5.41, 5.74) is 1.70. The van der Waals surface area contributed by atoms with Gasteiger partial charge in [0.25, 0.3) is 0 Å². The molecule has 0 saturated heterocycles. The van der Waals surface area contributed by atoms with E-state index < -0.39 is 5.97 Å². The van der Waals surface area contributed by atoms with E-state index in [0.29, 0.717) is 10.8 Å². The van der Waals surface area contributed by atoms with Gasteiger partial charge >= 0.3 is 5.97 Å². The lowest BCUT2D eigenvalue weighted by atomic mass is 10.0. The van der Waals surface area contributed by atoms with Crippen LogP contribution in [-0.2, 0) is 0 Å². The largest absolute Gasteiger partial charge is 0.495 e. The van der Waals surface area contributed by atoms with E-state index in [1.54, 1.807) is 31.4 Å². The smallest absolute Gasteiger partial charge is 0.337 e. The van der Waals surface area contributed by atoms with Crippen LogP contribution >= 0.6 is 23.2 Å². The van der Waals surface area contributed by atoms with Crippen LogP contribution in [-0.4, -0.2) is 18.2 Å². The SMILES string of the molecule is COc1ccc(-c2ccc(C(=O)O)c(Cl)c2)cc1Cl. The molecule has 2 aromatic carbocycles. The zero-order valence-electron chi connectivity index (χ0n) is 9.98. The molecule has 0 bridgehead atoms. The summed E-state index contributed by atoms with van der Waals surface area (Å²) in [7, 11) is 1.54.